The zero-order chi connectivity index (χ0) is 20.2. The fourth-order valence-corrected chi connectivity index (χ4v) is 5.00. The lowest BCUT2D eigenvalue weighted by atomic mass is 9.75. The van der Waals surface area contributed by atoms with E-state index in [1.54, 1.807) is 0 Å². The van der Waals surface area contributed by atoms with Gasteiger partial charge >= 0.3 is 0 Å². The largest absolute Gasteiger partial charge is 0.0651 e. The van der Waals surface area contributed by atoms with Gasteiger partial charge in [-0.25, -0.2) is 0 Å². The van der Waals surface area contributed by atoms with Crippen molar-refractivity contribution in [2.75, 3.05) is 0 Å². The average Bonchev–Trinajstić information content (AvgIpc) is 2.75. The molecule has 0 N–H and O–H groups in total. The van der Waals surface area contributed by atoms with Gasteiger partial charge in [0.2, 0.25) is 0 Å². The van der Waals surface area contributed by atoms with Crippen molar-refractivity contribution in [3.8, 4) is 11.1 Å². The van der Waals surface area contributed by atoms with Crippen LogP contribution in [0.5, 0.6) is 0 Å². The fourth-order valence-electron chi connectivity index (χ4n) is 5.00. The van der Waals surface area contributed by atoms with Gasteiger partial charge in [-0.15, -0.1) is 0 Å². The molecule has 29 heavy (non-hydrogen) atoms. The normalized spacial score (nSPS) is 19.3. The van der Waals surface area contributed by atoms with Gasteiger partial charge in [0, 0.05) is 0 Å². The van der Waals surface area contributed by atoms with Crippen molar-refractivity contribution in [3.63, 3.8) is 0 Å². The van der Waals surface area contributed by atoms with E-state index in [-0.39, 0.29) is 0 Å². The maximum atomic E-state index is 2.45. The summed E-state index contributed by atoms with van der Waals surface area (Å²) in [6.45, 7) is 6.69. The monoisotopic (exact) mass is 382 g/mol. The van der Waals surface area contributed by atoms with Crippen molar-refractivity contribution in [2.24, 2.45) is 0 Å². The summed E-state index contributed by atoms with van der Waals surface area (Å²) in [4.78, 5) is 0. The smallest absolute Gasteiger partial charge is 0.0155 e. The first-order valence-corrected chi connectivity index (χ1v) is 11.4. The Bertz CT molecular complexity index is 923. The minimum absolute atomic E-state index is 0.719. The van der Waals surface area contributed by atoms with Gasteiger partial charge in [-0.2, -0.15) is 0 Å². The van der Waals surface area contributed by atoms with E-state index in [0.717, 1.165) is 11.8 Å². The molecule has 0 heteroatoms. The predicted octanol–water partition coefficient (Wildman–Crippen LogP) is 8.36. The Hall–Kier alpha value is -2.34. The van der Waals surface area contributed by atoms with Crippen molar-refractivity contribution < 1.29 is 0 Å². The van der Waals surface area contributed by atoms with Crippen LogP contribution < -0.4 is 0 Å². The Kier molecular flexibility index (Phi) is 6.19. The van der Waals surface area contributed by atoms with Gasteiger partial charge in [-0.05, 0) is 91.2 Å². The fraction of sp³-hybridized carbons (Fsp3) is 0.379. The summed E-state index contributed by atoms with van der Waals surface area (Å²) in [6, 6.07) is 25.6. The lowest BCUT2D eigenvalue weighted by Crippen LogP contribution is -2.12. The van der Waals surface area contributed by atoms with Crippen LogP contribution in [0.1, 0.15) is 78.7 Å². The van der Waals surface area contributed by atoms with E-state index in [1.165, 1.54) is 77.5 Å². The van der Waals surface area contributed by atoms with E-state index in [2.05, 4.69) is 87.5 Å². The SMILES string of the molecule is CCCc1ccc(-c2ccc(C3CCC(c4ccc(C)cc4)CC3)cc2C)cc1. The molecule has 0 nitrogen and oxygen atoms in total. The second kappa shape index (κ2) is 8.99. The van der Waals surface area contributed by atoms with Gasteiger partial charge in [-0.3, -0.25) is 0 Å². The Balaban J connectivity index is 1.43. The molecule has 150 valence electrons. The molecule has 3 aromatic rings. The highest BCUT2D eigenvalue weighted by molar-refractivity contribution is 5.68. The number of hydrogen-bond donors (Lipinski definition) is 0. The van der Waals surface area contributed by atoms with Gasteiger partial charge in [0.25, 0.3) is 0 Å². The van der Waals surface area contributed by atoms with E-state index in [4.69, 9.17) is 0 Å². The lowest BCUT2D eigenvalue weighted by molar-refractivity contribution is 0.396. The summed E-state index contributed by atoms with van der Waals surface area (Å²) in [5.74, 6) is 1.46. The van der Waals surface area contributed by atoms with E-state index < -0.39 is 0 Å². The third-order valence-corrected chi connectivity index (χ3v) is 6.80. The molecule has 0 atom stereocenters. The Morgan fingerprint density at radius 3 is 1.86 bits per heavy atom. The van der Waals surface area contributed by atoms with Gasteiger partial charge < -0.3 is 0 Å². The molecular formula is C29H34. The summed E-state index contributed by atoms with van der Waals surface area (Å²) in [6.07, 6.45) is 7.62. The number of rotatable bonds is 5. The Morgan fingerprint density at radius 1 is 0.690 bits per heavy atom. The summed E-state index contributed by atoms with van der Waals surface area (Å²) in [5.41, 5.74) is 10.0. The molecule has 3 aromatic carbocycles. The quantitative estimate of drug-likeness (QED) is 0.416. The standard InChI is InChI=1S/C29H34/c1-4-5-23-8-12-27(13-9-23)29-19-18-28(20-22(29)3)26-16-14-25(15-17-26)24-10-6-21(2)7-11-24/h6-13,18-20,25-26H,4-5,14-17H2,1-3H3. The molecule has 0 spiro atoms. The molecule has 1 aliphatic rings. The summed E-state index contributed by atoms with van der Waals surface area (Å²) >= 11 is 0. The molecule has 1 aliphatic carbocycles. The molecule has 0 saturated heterocycles. The summed E-state index contributed by atoms with van der Waals surface area (Å²) in [5, 5.41) is 0. The average molecular weight is 383 g/mol. The van der Waals surface area contributed by atoms with Crippen LogP contribution in [0.15, 0.2) is 66.7 Å². The minimum atomic E-state index is 0.719. The zero-order valence-electron chi connectivity index (χ0n) is 18.2. The predicted molar refractivity (Wildman–Crippen MR) is 126 cm³/mol. The molecule has 0 heterocycles. The van der Waals surface area contributed by atoms with Crippen LogP contribution in [-0.4, -0.2) is 0 Å². The molecule has 1 saturated carbocycles. The van der Waals surface area contributed by atoms with Crippen molar-refractivity contribution in [2.45, 2.75) is 71.1 Å². The third-order valence-electron chi connectivity index (χ3n) is 6.80. The molecule has 4 rings (SSSR count). The second-order valence-electron chi connectivity index (χ2n) is 8.98. The van der Waals surface area contributed by atoms with Gasteiger partial charge in [0.15, 0.2) is 0 Å². The van der Waals surface area contributed by atoms with Crippen molar-refractivity contribution in [1.82, 2.24) is 0 Å². The molecule has 0 radical (unpaired) electrons. The van der Waals surface area contributed by atoms with Crippen LogP contribution in [0.3, 0.4) is 0 Å². The van der Waals surface area contributed by atoms with E-state index in [0.29, 0.717) is 0 Å². The van der Waals surface area contributed by atoms with Crippen LogP contribution in [0.25, 0.3) is 11.1 Å². The maximum Gasteiger partial charge on any atom is -0.0155 e. The molecule has 0 aromatic heterocycles. The maximum absolute atomic E-state index is 2.45. The molecule has 0 unspecified atom stereocenters. The highest BCUT2D eigenvalue weighted by Crippen LogP contribution is 2.41. The van der Waals surface area contributed by atoms with Crippen LogP contribution in [0.4, 0.5) is 0 Å². The minimum Gasteiger partial charge on any atom is -0.0651 e. The second-order valence-corrected chi connectivity index (χ2v) is 8.98. The Labute approximate surface area is 177 Å². The first-order valence-electron chi connectivity index (χ1n) is 11.4. The first kappa shape index (κ1) is 20.0. The summed E-state index contributed by atoms with van der Waals surface area (Å²) in [7, 11) is 0. The third kappa shape index (κ3) is 4.64. The van der Waals surface area contributed by atoms with Crippen LogP contribution in [0, 0.1) is 13.8 Å². The van der Waals surface area contributed by atoms with Gasteiger partial charge in [0.05, 0.1) is 0 Å². The number of hydrogen-bond acceptors (Lipinski definition) is 0. The van der Waals surface area contributed by atoms with E-state index >= 15 is 0 Å². The highest BCUT2D eigenvalue weighted by Gasteiger charge is 2.23. The van der Waals surface area contributed by atoms with Crippen molar-refractivity contribution >= 4 is 0 Å². The highest BCUT2D eigenvalue weighted by atomic mass is 14.3. The molecular weight excluding hydrogens is 348 g/mol. The number of benzene rings is 3. The van der Waals surface area contributed by atoms with Crippen molar-refractivity contribution in [1.29, 1.82) is 0 Å². The van der Waals surface area contributed by atoms with Crippen LogP contribution >= 0.6 is 0 Å². The topological polar surface area (TPSA) is 0 Å². The van der Waals surface area contributed by atoms with Gasteiger partial charge in [-0.1, -0.05) is 85.6 Å². The van der Waals surface area contributed by atoms with Crippen molar-refractivity contribution in [3.05, 3.63) is 94.5 Å². The Morgan fingerprint density at radius 2 is 1.28 bits per heavy atom. The van der Waals surface area contributed by atoms with Crippen LogP contribution in [0.2, 0.25) is 0 Å². The van der Waals surface area contributed by atoms with Crippen LogP contribution in [-0.2, 0) is 6.42 Å². The molecule has 0 bridgehead atoms. The number of aryl methyl sites for hydroxylation is 3. The first-order chi connectivity index (χ1) is 14.1. The summed E-state index contributed by atoms with van der Waals surface area (Å²) < 4.78 is 0. The van der Waals surface area contributed by atoms with E-state index in [1.807, 2.05) is 0 Å². The zero-order valence-corrected chi connectivity index (χ0v) is 18.2. The van der Waals surface area contributed by atoms with Gasteiger partial charge in [0.1, 0.15) is 0 Å². The lowest BCUT2D eigenvalue weighted by Gasteiger charge is -2.29. The molecule has 0 aliphatic heterocycles. The molecule has 0 amide bonds. The van der Waals surface area contributed by atoms with E-state index in [9.17, 15) is 0 Å². The molecule has 1 fully saturated rings.